The maximum absolute atomic E-state index is 11.8. The number of aromatic amines is 1. The highest BCUT2D eigenvalue weighted by Crippen LogP contribution is 2.15. The molecular formula is C12H11N3O5. The number of aromatic nitrogens is 1. The Morgan fingerprint density at radius 3 is 3.00 bits per heavy atom. The van der Waals surface area contributed by atoms with E-state index in [0.717, 1.165) is 0 Å². The van der Waals surface area contributed by atoms with Crippen LogP contribution in [0.5, 0.6) is 0 Å². The molecule has 1 saturated heterocycles. The van der Waals surface area contributed by atoms with Gasteiger partial charge in [0.25, 0.3) is 5.91 Å². The van der Waals surface area contributed by atoms with Gasteiger partial charge in [0, 0.05) is 12.1 Å². The summed E-state index contributed by atoms with van der Waals surface area (Å²) in [5.74, 6) is -0.953. The Kier molecular flexibility index (Phi) is 2.90. The van der Waals surface area contributed by atoms with E-state index in [1.165, 1.54) is 0 Å². The summed E-state index contributed by atoms with van der Waals surface area (Å²) in [5, 5.41) is 5.03. The highest BCUT2D eigenvalue weighted by molar-refractivity contribution is 5.86. The van der Waals surface area contributed by atoms with E-state index in [9.17, 15) is 14.4 Å². The van der Waals surface area contributed by atoms with Gasteiger partial charge in [-0.3, -0.25) is 9.78 Å². The average Bonchev–Trinajstić information content (AvgIpc) is 3.01. The van der Waals surface area contributed by atoms with Crippen LogP contribution in [-0.4, -0.2) is 29.6 Å². The van der Waals surface area contributed by atoms with E-state index in [-0.39, 0.29) is 13.1 Å². The fraction of sp³-hybridized carbons (Fsp3) is 0.250. The lowest BCUT2D eigenvalue weighted by atomic mass is 10.2. The number of nitrogens with one attached hydrogen (secondary N) is 3. The summed E-state index contributed by atoms with van der Waals surface area (Å²) in [6, 6.07) is 5.18. The van der Waals surface area contributed by atoms with Crippen LogP contribution in [-0.2, 0) is 16.1 Å². The molecule has 2 aromatic rings. The molecule has 0 spiro atoms. The molecule has 0 bridgehead atoms. The number of amides is 2. The summed E-state index contributed by atoms with van der Waals surface area (Å²) in [6.45, 7) is 0.319. The van der Waals surface area contributed by atoms with Crippen LogP contribution in [0.15, 0.2) is 27.4 Å². The summed E-state index contributed by atoms with van der Waals surface area (Å²) in [6.07, 6.45) is -1.44. The molecule has 8 heteroatoms. The molecule has 0 saturated carbocycles. The van der Waals surface area contributed by atoms with Gasteiger partial charge in [-0.15, -0.1) is 0 Å². The van der Waals surface area contributed by atoms with Crippen LogP contribution in [0.4, 0.5) is 4.79 Å². The largest absolute Gasteiger partial charge is 0.434 e. The third kappa shape index (κ3) is 2.22. The molecule has 0 aliphatic carbocycles. The normalized spacial score (nSPS) is 17.8. The number of fused-ring (bicyclic) bond motifs is 1. The molecule has 1 aromatic heterocycles. The molecular weight excluding hydrogens is 266 g/mol. The number of carbonyl (C=O) groups excluding carboxylic acids is 2. The van der Waals surface area contributed by atoms with Crippen molar-refractivity contribution in [3.8, 4) is 0 Å². The van der Waals surface area contributed by atoms with Gasteiger partial charge in [-0.2, -0.15) is 0 Å². The minimum atomic E-state index is -0.833. The maximum atomic E-state index is 11.8. The fourth-order valence-corrected chi connectivity index (χ4v) is 2.00. The number of hydrogen-bond donors (Lipinski definition) is 3. The SMILES string of the molecule is O=C1NC[C@@H](C(=O)NCc2cccc3[nH]c(=O)oc23)O1. The maximum Gasteiger partial charge on any atom is 0.417 e. The minimum absolute atomic E-state index is 0.147. The number of para-hydroxylation sites is 1. The van der Waals surface area contributed by atoms with Gasteiger partial charge in [0.15, 0.2) is 11.7 Å². The predicted molar refractivity (Wildman–Crippen MR) is 67.0 cm³/mol. The summed E-state index contributed by atoms with van der Waals surface area (Å²) < 4.78 is 9.78. The third-order valence-corrected chi connectivity index (χ3v) is 2.95. The number of hydrogen-bond acceptors (Lipinski definition) is 5. The van der Waals surface area contributed by atoms with Crippen molar-refractivity contribution in [3.63, 3.8) is 0 Å². The Morgan fingerprint density at radius 2 is 2.25 bits per heavy atom. The van der Waals surface area contributed by atoms with Crippen molar-refractivity contribution >= 4 is 23.1 Å². The summed E-state index contributed by atoms with van der Waals surface area (Å²) in [5.41, 5.74) is 1.63. The highest BCUT2D eigenvalue weighted by atomic mass is 16.6. The Balaban J connectivity index is 1.72. The second kappa shape index (κ2) is 4.72. The molecule has 1 aromatic carbocycles. The molecule has 1 aliphatic rings. The number of carbonyl (C=O) groups is 2. The van der Waals surface area contributed by atoms with Crippen LogP contribution in [0.25, 0.3) is 11.1 Å². The van der Waals surface area contributed by atoms with E-state index < -0.39 is 23.9 Å². The van der Waals surface area contributed by atoms with Crippen molar-refractivity contribution in [1.29, 1.82) is 0 Å². The second-order valence-electron chi connectivity index (χ2n) is 4.30. The molecule has 2 heterocycles. The van der Waals surface area contributed by atoms with Crippen molar-refractivity contribution in [2.24, 2.45) is 0 Å². The Labute approximate surface area is 112 Å². The van der Waals surface area contributed by atoms with Crippen molar-refractivity contribution in [1.82, 2.24) is 15.6 Å². The van der Waals surface area contributed by atoms with Crippen LogP contribution in [0.1, 0.15) is 5.56 Å². The van der Waals surface area contributed by atoms with E-state index in [0.29, 0.717) is 16.7 Å². The molecule has 1 aliphatic heterocycles. The standard InChI is InChI=1S/C12H11N3O5/c16-10(8-5-14-11(17)19-8)13-4-6-2-1-3-7-9(6)20-12(18)15-7/h1-3,8H,4-5H2,(H,13,16)(H,14,17)(H,15,18)/t8-/m0/s1. The quantitative estimate of drug-likeness (QED) is 0.721. The third-order valence-electron chi connectivity index (χ3n) is 2.95. The number of H-pyrrole nitrogens is 1. The molecule has 0 unspecified atom stereocenters. The smallest absolute Gasteiger partial charge is 0.417 e. The number of oxazole rings is 1. The van der Waals surface area contributed by atoms with Gasteiger partial charge < -0.3 is 19.8 Å². The summed E-state index contributed by atoms with van der Waals surface area (Å²) in [4.78, 5) is 36.3. The van der Waals surface area contributed by atoms with Gasteiger partial charge in [0.05, 0.1) is 12.1 Å². The Bertz CT molecular complexity index is 732. The van der Waals surface area contributed by atoms with Crippen molar-refractivity contribution in [2.75, 3.05) is 6.54 Å². The van der Waals surface area contributed by atoms with E-state index in [1.807, 2.05) is 0 Å². The van der Waals surface area contributed by atoms with E-state index in [2.05, 4.69) is 15.6 Å². The topological polar surface area (TPSA) is 113 Å². The van der Waals surface area contributed by atoms with Crippen LogP contribution in [0, 0.1) is 0 Å². The first-order chi connectivity index (χ1) is 9.63. The first kappa shape index (κ1) is 12.3. The molecule has 3 rings (SSSR count). The van der Waals surface area contributed by atoms with Crippen molar-refractivity contribution in [2.45, 2.75) is 12.6 Å². The lowest BCUT2D eigenvalue weighted by Crippen LogP contribution is -2.36. The number of benzene rings is 1. The lowest BCUT2D eigenvalue weighted by Gasteiger charge is -2.09. The van der Waals surface area contributed by atoms with E-state index in [1.54, 1.807) is 18.2 Å². The highest BCUT2D eigenvalue weighted by Gasteiger charge is 2.29. The zero-order chi connectivity index (χ0) is 14.1. The van der Waals surface area contributed by atoms with Gasteiger partial charge in [0.1, 0.15) is 0 Å². The number of cyclic esters (lactones) is 1. The molecule has 1 fully saturated rings. The average molecular weight is 277 g/mol. The number of rotatable bonds is 3. The molecule has 2 amide bonds. The van der Waals surface area contributed by atoms with E-state index in [4.69, 9.17) is 9.15 Å². The first-order valence-electron chi connectivity index (χ1n) is 5.96. The van der Waals surface area contributed by atoms with Gasteiger partial charge in [0.2, 0.25) is 0 Å². The monoisotopic (exact) mass is 277 g/mol. The Hall–Kier alpha value is -2.77. The minimum Gasteiger partial charge on any atom is -0.434 e. The number of alkyl carbamates (subject to hydrolysis) is 1. The van der Waals surface area contributed by atoms with Crippen molar-refractivity contribution < 1.29 is 18.7 Å². The van der Waals surface area contributed by atoms with Crippen LogP contribution in [0.2, 0.25) is 0 Å². The predicted octanol–water partition coefficient (Wildman–Crippen LogP) is -0.154. The van der Waals surface area contributed by atoms with Gasteiger partial charge in [-0.05, 0) is 6.07 Å². The fourth-order valence-electron chi connectivity index (χ4n) is 2.00. The van der Waals surface area contributed by atoms with Crippen LogP contribution >= 0.6 is 0 Å². The molecule has 104 valence electrons. The van der Waals surface area contributed by atoms with Gasteiger partial charge in [-0.25, -0.2) is 9.59 Å². The van der Waals surface area contributed by atoms with Crippen molar-refractivity contribution in [3.05, 3.63) is 34.3 Å². The lowest BCUT2D eigenvalue weighted by molar-refractivity contribution is -0.127. The molecule has 3 N–H and O–H groups in total. The zero-order valence-electron chi connectivity index (χ0n) is 10.3. The first-order valence-corrected chi connectivity index (χ1v) is 5.96. The van der Waals surface area contributed by atoms with E-state index >= 15 is 0 Å². The Morgan fingerprint density at radius 1 is 1.40 bits per heavy atom. The summed E-state index contributed by atoms with van der Waals surface area (Å²) in [7, 11) is 0. The molecule has 20 heavy (non-hydrogen) atoms. The second-order valence-corrected chi connectivity index (χ2v) is 4.30. The molecule has 0 radical (unpaired) electrons. The zero-order valence-corrected chi connectivity index (χ0v) is 10.3. The van der Waals surface area contributed by atoms with Gasteiger partial charge >= 0.3 is 11.8 Å². The summed E-state index contributed by atoms with van der Waals surface area (Å²) >= 11 is 0. The van der Waals surface area contributed by atoms with Gasteiger partial charge in [-0.1, -0.05) is 12.1 Å². The number of ether oxygens (including phenoxy) is 1. The van der Waals surface area contributed by atoms with Crippen LogP contribution in [0.3, 0.4) is 0 Å². The molecule has 8 nitrogen and oxygen atoms in total. The molecule has 1 atom stereocenters. The van der Waals surface area contributed by atoms with Crippen LogP contribution < -0.4 is 16.4 Å².